The number of ketones is 1. The minimum atomic E-state index is 0.175. The number of hydroxylamine groups is 2. The highest BCUT2D eigenvalue weighted by Gasteiger charge is 2.39. The number of hydrogen-bond donors (Lipinski definition) is 0. The standard InChI is InChI=1S/C8H13NO2/c1-9-5-6-7(10)3-2-4-8(6)11-9/h6,8H,2-5H2,1H3/t6-,8+/m1/s1. The van der Waals surface area contributed by atoms with E-state index in [2.05, 4.69) is 0 Å². The zero-order valence-corrected chi connectivity index (χ0v) is 6.75. The van der Waals surface area contributed by atoms with E-state index >= 15 is 0 Å². The average molecular weight is 155 g/mol. The zero-order chi connectivity index (χ0) is 7.84. The predicted octanol–water partition coefficient (Wildman–Crippen LogP) is 0.601. The van der Waals surface area contributed by atoms with Crippen LogP contribution in [-0.4, -0.2) is 30.5 Å². The zero-order valence-electron chi connectivity index (χ0n) is 6.75. The molecule has 0 spiro atoms. The Hall–Kier alpha value is -0.410. The maximum atomic E-state index is 11.3. The van der Waals surface area contributed by atoms with Crippen LogP contribution in [0.25, 0.3) is 0 Å². The van der Waals surface area contributed by atoms with Gasteiger partial charge in [-0.1, -0.05) is 0 Å². The Balaban J connectivity index is 2.09. The van der Waals surface area contributed by atoms with E-state index < -0.39 is 0 Å². The van der Waals surface area contributed by atoms with Gasteiger partial charge in [-0.05, 0) is 12.8 Å². The van der Waals surface area contributed by atoms with Crippen LogP contribution in [0.5, 0.6) is 0 Å². The number of hydrogen-bond acceptors (Lipinski definition) is 3. The smallest absolute Gasteiger partial charge is 0.140 e. The molecule has 0 aromatic heterocycles. The van der Waals surface area contributed by atoms with Gasteiger partial charge in [0.05, 0.1) is 12.0 Å². The number of rotatable bonds is 0. The Morgan fingerprint density at radius 3 is 3.18 bits per heavy atom. The fourth-order valence-corrected chi connectivity index (χ4v) is 1.97. The molecule has 0 aromatic rings. The molecule has 2 aliphatic rings. The second-order valence-electron chi connectivity index (χ2n) is 3.42. The highest BCUT2D eigenvalue weighted by molar-refractivity contribution is 5.82. The summed E-state index contributed by atoms with van der Waals surface area (Å²) in [5, 5.41) is 1.79. The fourth-order valence-electron chi connectivity index (χ4n) is 1.97. The van der Waals surface area contributed by atoms with E-state index in [9.17, 15) is 4.79 Å². The molecule has 1 aliphatic heterocycles. The summed E-state index contributed by atoms with van der Waals surface area (Å²) >= 11 is 0. The first-order chi connectivity index (χ1) is 5.27. The first-order valence-corrected chi connectivity index (χ1v) is 4.18. The lowest BCUT2D eigenvalue weighted by Crippen LogP contribution is -2.30. The van der Waals surface area contributed by atoms with Crippen molar-refractivity contribution in [2.75, 3.05) is 13.6 Å². The molecule has 1 heterocycles. The third kappa shape index (κ3) is 1.19. The van der Waals surface area contributed by atoms with E-state index in [1.807, 2.05) is 7.05 Å². The largest absolute Gasteiger partial charge is 0.299 e. The van der Waals surface area contributed by atoms with Crippen LogP contribution in [0.4, 0.5) is 0 Å². The summed E-state index contributed by atoms with van der Waals surface area (Å²) in [4.78, 5) is 16.8. The predicted molar refractivity (Wildman–Crippen MR) is 39.9 cm³/mol. The molecule has 1 aliphatic carbocycles. The normalized spacial score (nSPS) is 39.2. The summed E-state index contributed by atoms with van der Waals surface area (Å²) < 4.78 is 0. The molecular formula is C8H13NO2. The van der Waals surface area contributed by atoms with Crippen LogP contribution in [0, 0.1) is 5.92 Å². The molecule has 2 fully saturated rings. The topological polar surface area (TPSA) is 29.5 Å². The monoisotopic (exact) mass is 155 g/mol. The molecule has 0 N–H and O–H groups in total. The maximum absolute atomic E-state index is 11.3. The highest BCUT2D eigenvalue weighted by Crippen LogP contribution is 2.29. The lowest BCUT2D eigenvalue weighted by atomic mass is 9.86. The summed E-state index contributed by atoms with van der Waals surface area (Å²) in [5.41, 5.74) is 0. The van der Waals surface area contributed by atoms with Crippen molar-refractivity contribution in [3.63, 3.8) is 0 Å². The molecule has 0 unspecified atom stereocenters. The van der Waals surface area contributed by atoms with Gasteiger partial charge in [-0.2, -0.15) is 5.06 Å². The Morgan fingerprint density at radius 1 is 1.64 bits per heavy atom. The summed E-state index contributed by atoms with van der Waals surface area (Å²) in [7, 11) is 1.89. The van der Waals surface area contributed by atoms with Crippen molar-refractivity contribution in [2.45, 2.75) is 25.4 Å². The van der Waals surface area contributed by atoms with Crippen molar-refractivity contribution < 1.29 is 9.63 Å². The van der Waals surface area contributed by atoms with E-state index in [1.165, 1.54) is 0 Å². The molecule has 3 nitrogen and oxygen atoms in total. The molecular weight excluding hydrogens is 142 g/mol. The number of carbonyl (C=O) groups is 1. The van der Waals surface area contributed by atoms with E-state index in [0.29, 0.717) is 5.78 Å². The SMILES string of the molecule is CN1C[C@@H]2C(=O)CCC[C@@H]2O1. The lowest BCUT2D eigenvalue weighted by molar-refractivity contribution is -0.141. The van der Waals surface area contributed by atoms with Gasteiger partial charge in [0.15, 0.2) is 0 Å². The van der Waals surface area contributed by atoms with Crippen LogP contribution in [0.3, 0.4) is 0 Å². The highest BCUT2D eigenvalue weighted by atomic mass is 16.7. The van der Waals surface area contributed by atoms with Crippen molar-refractivity contribution in [1.29, 1.82) is 0 Å². The summed E-state index contributed by atoms with van der Waals surface area (Å²) in [6.45, 7) is 0.795. The van der Waals surface area contributed by atoms with Gasteiger partial charge in [-0.25, -0.2) is 0 Å². The number of fused-ring (bicyclic) bond motifs is 1. The van der Waals surface area contributed by atoms with Gasteiger partial charge in [0.1, 0.15) is 5.78 Å². The summed E-state index contributed by atoms with van der Waals surface area (Å²) in [5.74, 6) is 0.569. The maximum Gasteiger partial charge on any atom is 0.140 e. The first-order valence-electron chi connectivity index (χ1n) is 4.18. The van der Waals surface area contributed by atoms with Gasteiger partial charge in [0.2, 0.25) is 0 Å². The molecule has 0 amide bonds. The third-order valence-electron chi connectivity index (χ3n) is 2.54. The van der Waals surface area contributed by atoms with Gasteiger partial charge in [0.25, 0.3) is 0 Å². The first kappa shape index (κ1) is 7.25. The van der Waals surface area contributed by atoms with Gasteiger partial charge in [0, 0.05) is 20.0 Å². The van der Waals surface area contributed by atoms with E-state index in [1.54, 1.807) is 5.06 Å². The van der Waals surface area contributed by atoms with Crippen LogP contribution >= 0.6 is 0 Å². The Bertz CT molecular complexity index is 181. The molecule has 11 heavy (non-hydrogen) atoms. The molecule has 0 aromatic carbocycles. The summed E-state index contributed by atoms with van der Waals surface area (Å²) in [6.07, 6.45) is 3.02. The second-order valence-corrected chi connectivity index (χ2v) is 3.42. The van der Waals surface area contributed by atoms with Gasteiger partial charge < -0.3 is 0 Å². The molecule has 2 atom stereocenters. The average Bonchev–Trinajstić information content (AvgIpc) is 2.31. The number of Topliss-reactive ketones (excluding diaryl/α,β-unsaturated/α-hetero) is 1. The molecule has 0 radical (unpaired) electrons. The minimum absolute atomic E-state index is 0.175. The van der Waals surface area contributed by atoms with Crippen LogP contribution < -0.4 is 0 Å². The molecule has 62 valence electrons. The van der Waals surface area contributed by atoms with Crippen LogP contribution in [-0.2, 0) is 9.63 Å². The molecule has 1 saturated carbocycles. The number of nitrogens with zero attached hydrogens (tertiary/aromatic N) is 1. The van der Waals surface area contributed by atoms with Crippen LogP contribution in [0.2, 0.25) is 0 Å². The molecule has 2 rings (SSSR count). The molecule has 1 saturated heterocycles. The van der Waals surface area contributed by atoms with Crippen molar-refractivity contribution in [3.8, 4) is 0 Å². The molecule has 3 heteroatoms. The Labute approximate surface area is 66.3 Å². The van der Waals surface area contributed by atoms with E-state index in [0.717, 1.165) is 25.8 Å². The van der Waals surface area contributed by atoms with Gasteiger partial charge >= 0.3 is 0 Å². The Morgan fingerprint density at radius 2 is 2.45 bits per heavy atom. The molecule has 0 bridgehead atoms. The Kier molecular flexibility index (Phi) is 1.69. The van der Waals surface area contributed by atoms with Gasteiger partial charge in [-0.15, -0.1) is 0 Å². The van der Waals surface area contributed by atoms with Crippen LogP contribution in [0.15, 0.2) is 0 Å². The van der Waals surface area contributed by atoms with Crippen molar-refractivity contribution >= 4 is 5.78 Å². The fraction of sp³-hybridized carbons (Fsp3) is 0.875. The van der Waals surface area contributed by atoms with Crippen molar-refractivity contribution in [2.24, 2.45) is 5.92 Å². The third-order valence-corrected chi connectivity index (χ3v) is 2.54. The van der Waals surface area contributed by atoms with Crippen molar-refractivity contribution in [1.82, 2.24) is 5.06 Å². The van der Waals surface area contributed by atoms with Crippen LogP contribution in [0.1, 0.15) is 19.3 Å². The summed E-state index contributed by atoms with van der Waals surface area (Å²) in [6, 6.07) is 0. The quantitative estimate of drug-likeness (QED) is 0.513. The second kappa shape index (κ2) is 2.57. The van der Waals surface area contributed by atoms with Gasteiger partial charge in [-0.3, -0.25) is 9.63 Å². The van der Waals surface area contributed by atoms with E-state index in [-0.39, 0.29) is 12.0 Å². The minimum Gasteiger partial charge on any atom is -0.299 e. The van der Waals surface area contributed by atoms with E-state index in [4.69, 9.17) is 4.84 Å². The lowest BCUT2D eigenvalue weighted by Gasteiger charge is -2.20. The van der Waals surface area contributed by atoms with Crippen molar-refractivity contribution in [3.05, 3.63) is 0 Å². The number of carbonyl (C=O) groups excluding carboxylic acids is 1.